The molecule has 0 radical (unpaired) electrons. The zero-order valence-corrected chi connectivity index (χ0v) is 14.8. The molecule has 1 spiro atoms. The predicted octanol–water partition coefficient (Wildman–Crippen LogP) is 3.63. The Hall–Kier alpha value is -2.89. The van der Waals surface area contributed by atoms with Gasteiger partial charge in [0.15, 0.2) is 6.61 Å². The Bertz CT molecular complexity index is 966. The lowest BCUT2D eigenvalue weighted by molar-refractivity contribution is -0.118. The van der Waals surface area contributed by atoms with Gasteiger partial charge in [-0.05, 0) is 43.2 Å². The number of hydrogen-bond acceptors (Lipinski definition) is 3. The van der Waals surface area contributed by atoms with E-state index in [0.717, 1.165) is 25.7 Å². The fourth-order valence-corrected chi connectivity index (χ4v) is 4.73. The maximum Gasteiger partial charge on any atom is 0.262 e. The summed E-state index contributed by atoms with van der Waals surface area (Å²) in [5, 5.41) is 2.72. The predicted molar refractivity (Wildman–Crippen MR) is 98.8 cm³/mol. The largest absolute Gasteiger partial charge is 0.482 e. The summed E-state index contributed by atoms with van der Waals surface area (Å²) in [5.74, 6) is -0.126. The van der Waals surface area contributed by atoms with E-state index in [1.54, 1.807) is 29.2 Å². The lowest BCUT2D eigenvalue weighted by Gasteiger charge is -2.25. The Morgan fingerprint density at radius 3 is 2.81 bits per heavy atom. The Labute approximate surface area is 156 Å². The van der Waals surface area contributed by atoms with Crippen molar-refractivity contribution in [3.05, 3.63) is 53.3 Å². The van der Waals surface area contributed by atoms with E-state index in [9.17, 15) is 14.0 Å². The average molecular weight is 366 g/mol. The number of benzene rings is 2. The number of halogens is 1. The van der Waals surface area contributed by atoms with E-state index in [1.165, 1.54) is 6.07 Å². The van der Waals surface area contributed by atoms with Gasteiger partial charge in [0.25, 0.3) is 11.8 Å². The molecule has 27 heavy (non-hydrogen) atoms. The Kier molecular flexibility index (Phi) is 3.50. The quantitative estimate of drug-likeness (QED) is 0.838. The number of carbonyl (C=O) groups excluding carboxylic acids is 2. The van der Waals surface area contributed by atoms with E-state index in [-0.39, 0.29) is 29.7 Å². The molecule has 0 unspecified atom stereocenters. The van der Waals surface area contributed by atoms with Crippen molar-refractivity contribution in [1.29, 1.82) is 0 Å². The third-order valence-corrected chi connectivity index (χ3v) is 5.94. The van der Waals surface area contributed by atoms with Crippen molar-refractivity contribution in [3.63, 3.8) is 0 Å². The van der Waals surface area contributed by atoms with Crippen molar-refractivity contribution in [2.75, 3.05) is 23.4 Å². The number of nitrogens with zero attached hydrogens (tertiary/aromatic N) is 1. The van der Waals surface area contributed by atoms with Gasteiger partial charge in [-0.1, -0.05) is 18.9 Å². The van der Waals surface area contributed by atoms with E-state index in [1.807, 2.05) is 6.07 Å². The highest BCUT2D eigenvalue weighted by atomic mass is 19.1. The van der Waals surface area contributed by atoms with Crippen LogP contribution >= 0.6 is 0 Å². The molecule has 0 atom stereocenters. The minimum atomic E-state index is -0.269. The van der Waals surface area contributed by atoms with Crippen LogP contribution in [0.1, 0.15) is 41.6 Å². The average Bonchev–Trinajstić information content (AvgIpc) is 3.27. The van der Waals surface area contributed by atoms with Crippen LogP contribution < -0.4 is 15.0 Å². The molecule has 0 bridgehead atoms. The fraction of sp³-hybridized carbons (Fsp3) is 0.333. The van der Waals surface area contributed by atoms with Gasteiger partial charge in [0.2, 0.25) is 0 Å². The third-order valence-electron chi connectivity index (χ3n) is 5.94. The van der Waals surface area contributed by atoms with Crippen molar-refractivity contribution in [2.24, 2.45) is 0 Å². The molecule has 6 heteroatoms. The second-order valence-electron chi connectivity index (χ2n) is 7.56. The first-order chi connectivity index (χ1) is 13.1. The van der Waals surface area contributed by atoms with Gasteiger partial charge in [-0.2, -0.15) is 0 Å². The van der Waals surface area contributed by atoms with Crippen LogP contribution in [0.25, 0.3) is 0 Å². The summed E-state index contributed by atoms with van der Waals surface area (Å²) in [7, 11) is 0. The van der Waals surface area contributed by atoms with Gasteiger partial charge < -0.3 is 15.0 Å². The lowest BCUT2D eigenvalue weighted by Crippen LogP contribution is -2.35. The number of fused-ring (bicyclic) bond motifs is 3. The molecule has 138 valence electrons. The number of anilines is 2. The number of rotatable bonds is 1. The summed E-state index contributed by atoms with van der Waals surface area (Å²) in [5.41, 5.74) is 2.12. The Balaban J connectivity index is 1.53. The van der Waals surface area contributed by atoms with Gasteiger partial charge in [0.1, 0.15) is 11.6 Å². The minimum Gasteiger partial charge on any atom is -0.482 e. The number of ether oxygens (including phenoxy) is 1. The summed E-state index contributed by atoms with van der Waals surface area (Å²) in [6, 6.07) is 9.98. The lowest BCUT2D eigenvalue weighted by atomic mass is 9.80. The zero-order chi connectivity index (χ0) is 18.6. The van der Waals surface area contributed by atoms with Crippen LogP contribution in [0.3, 0.4) is 0 Å². The topological polar surface area (TPSA) is 58.6 Å². The summed E-state index contributed by atoms with van der Waals surface area (Å²) < 4.78 is 20.1. The van der Waals surface area contributed by atoms with E-state index in [0.29, 0.717) is 34.8 Å². The molecule has 0 saturated heterocycles. The highest BCUT2D eigenvalue weighted by Crippen LogP contribution is 2.51. The van der Waals surface area contributed by atoms with Gasteiger partial charge >= 0.3 is 0 Å². The summed E-state index contributed by atoms with van der Waals surface area (Å²) in [6.45, 7) is 0.447. The SMILES string of the molecule is O=C1COc2cc(C(=O)N3CC4(CCCC4)c4c(F)cccc43)ccc2N1. The van der Waals surface area contributed by atoms with Gasteiger partial charge in [0, 0.05) is 23.1 Å². The van der Waals surface area contributed by atoms with Crippen molar-refractivity contribution in [2.45, 2.75) is 31.1 Å². The minimum absolute atomic E-state index is 0.0640. The summed E-state index contributed by atoms with van der Waals surface area (Å²) >= 11 is 0. The molecule has 2 aromatic carbocycles. The molecular weight excluding hydrogens is 347 g/mol. The monoisotopic (exact) mass is 366 g/mol. The zero-order valence-electron chi connectivity index (χ0n) is 14.8. The molecule has 5 rings (SSSR count). The molecule has 2 amide bonds. The number of nitrogens with one attached hydrogen (secondary N) is 1. The molecule has 1 N–H and O–H groups in total. The summed E-state index contributed by atoms with van der Waals surface area (Å²) in [6.07, 6.45) is 3.93. The van der Waals surface area contributed by atoms with Crippen LogP contribution in [0, 0.1) is 5.82 Å². The highest BCUT2D eigenvalue weighted by Gasteiger charge is 2.48. The summed E-state index contributed by atoms with van der Waals surface area (Å²) in [4.78, 5) is 26.4. The third kappa shape index (κ3) is 2.43. The second-order valence-corrected chi connectivity index (χ2v) is 7.56. The van der Waals surface area contributed by atoms with Crippen molar-refractivity contribution >= 4 is 23.2 Å². The highest BCUT2D eigenvalue weighted by molar-refractivity contribution is 6.08. The van der Waals surface area contributed by atoms with Crippen LogP contribution in [0.2, 0.25) is 0 Å². The molecule has 2 aromatic rings. The molecule has 1 aliphatic carbocycles. The molecule has 1 saturated carbocycles. The molecular formula is C21H19FN2O3. The fourth-order valence-electron chi connectivity index (χ4n) is 4.73. The molecule has 0 aromatic heterocycles. The normalized spacial score (nSPS) is 19.4. The van der Waals surface area contributed by atoms with E-state index >= 15 is 0 Å². The van der Waals surface area contributed by atoms with Gasteiger partial charge in [-0.3, -0.25) is 9.59 Å². The van der Waals surface area contributed by atoms with Crippen LogP contribution in [-0.4, -0.2) is 25.0 Å². The van der Waals surface area contributed by atoms with Gasteiger partial charge in [0.05, 0.1) is 11.4 Å². The first-order valence-corrected chi connectivity index (χ1v) is 9.25. The molecule has 2 heterocycles. The Morgan fingerprint density at radius 1 is 1.19 bits per heavy atom. The van der Waals surface area contributed by atoms with Crippen LogP contribution in [0.15, 0.2) is 36.4 Å². The van der Waals surface area contributed by atoms with Crippen molar-refractivity contribution < 1.29 is 18.7 Å². The van der Waals surface area contributed by atoms with Gasteiger partial charge in [-0.15, -0.1) is 0 Å². The van der Waals surface area contributed by atoms with Crippen LogP contribution in [0.5, 0.6) is 5.75 Å². The van der Waals surface area contributed by atoms with Crippen LogP contribution in [0.4, 0.5) is 15.8 Å². The number of hydrogen-bond donors (Lipinski definition) is 1. The first-order valence-electron chi connectivity index (χ1n) is 9.25. The standard InChI is InChI=1S/C21H19FN2O3/c22-14-4-3-5-16-19(14)21(8-1-2-9-21)12-24(16)20(26)13-6-7-15-17(10-13)27-11-18(25)23-15/h3-7,10H,1-2,8-9,11-12H2,(H,23,25). The second kappa shape index (κ2) is 5.81. The maximum absolute atomic E-state index is 14.7. The molecule has 1 fully saturated rings. The molecule has 3 aliphatic rings. The number of amides is 2. The van der Waals surface area contributed by atoms with Gasteiger partial charge in [-0.25, -0.2) is 4.39 Å². The van der Waals surface area contributed by atoms with Crippen LogP contribution in [-0.2, 0) is 10.2 Å². The van der Waals surface area contributed by atoms with Crippen molar-refractivity contribution in [1.82, 2.24) is 0 Å². The molecule has 2 aliphatic heterocycles. The van der Waals surface area contributed by atoms with E-state index in [2.05, 4.69) is 5.32 Å². The van der Waals surface area contributed by atoms with E-state index < -0.39 is 0 Å². The first kappa shape index (κ1) is 16.3. The van der Waals surface area contributed by atoms with Crippen molar-refractivity contribution in [3.8, 4) is 5.75 Å². The maximum atomic E-state index is 14.7. The van der Waals surface area contributed by atoms with E-state index in [4.69, 9.17) is 4.74 Å². The Morgan fingerprint density at radius 2 is 2.00 bits per heavy atom. The smallest absolute Gasteiger partial charge is 0.262 e. The number of carbonyl (C=O) groups is 2. The molecule has 5 nitrogen and oxygen atoms in total.